The normalized spacial score (nSPS) is 10.7. The summed E-state index contributed by atoms with van der Waals surface area (Å²) in [6.07, 6.45) is 1.72. The maximum absolute atomic E-state index is 12.3. The van der Waals surface area contributed by atoms with Gasteiger partial charge in [-0.25, -0.2) is 0 Å². The molecule has 0 fully saturated rings. The van der Waals surface area contributed by atoms with Crippen LogP contribution in [0.1, 0.15) is 15.9 Å². The predicted octanol–water partition coefficient (Wildman–Crippen LogP) is 2.27. The molecule has 1 amide bonds. The lowest BCUT2D eigenvalue weighted by molar-refractivity contribution is 0.102. The highest BCUT2D eigenvalue weighted by Gasteiger charge is 2.09. The van der Waals surface area contributed by atoms with Crippen molar-refractivity contribution >= 4 is 22.5 Å². The average Bonchev–Trinajstić information content (AvgIpc) is 2.95. The first-order chi connectivity index (χ1) is 9.78. The van der Waals surface area contributed by atoms with Crippen LogP contribution in [0, 0.1) is 0 Å². The number of para-hydroxylation sites is 1. The lowest BCUT2D eigenvalue weighted by Gasteiger charge is -2.09. The van der Waals surface area contributed by atoms with E-state index < -0.39 is 0 Å². The van der Waals surface area contributed by atoms with E-state index in [4.69, 9.17) is 5.73 Å². The van der Waals surface area contributed by atoms with Gasteiger partial charge in [-0.05, 0) is 23.8 Å². The van der Waals surface area contributed by atoms with Crippen molar-refractivity contribution in [3.8, 4) is 0 Å². The Kier molecular flexibility index (Phi) is 3.18. The summed E-state index contributed by atoms with van der Waals surface area (Å²) >= 11 is 0. The van der Waals surface area contributed by atoms with Gasteiger partial charge in [0.2, 0.25) is 0 Å². The Balaban J connectivity index is 1.88. The van der Waals surface area contributed by atoms with Crippen molar-refractivity contribution in [3.63, 3.8) is 0 Å². The summed E-state index contributed by atoms with van der Waals surface area (Å²) in [5.74, 6) is -0.164. The Hall–Kier alpha value is -2.66. The molecule has 0 aliphatic rings. The number of anilines is 1. The number of amides is 1. The summed E-state index contributed by atoms with van der Waals surface area (Å²) in [6.45, 7) is 0.385. The Bertz CT molecular complexity index is 763. The van der Waals surface area contributed by atoms with Gasteiger partial charge in [-0.3, -0.25) is 9.89 Å². The molecule has 5 nitrogen and oxygen atoms in total. The van der Waals surface area contributed by atoms with Gasteiger partial charge in [0.15, 0.2) is 0 Å². The minimum absolute atomic E-state index is 0.164. The number of H-pyrrole nitrogens is 1. The van der Waals surface area contributed by atoms with Gasteiger partial charge in [0.1, 0.15) is 0 Å². The van der Waals surface area contributed by atoms with Crippen LogP contribution in [-0.4, -0.2) is 16.1 Å². The topological polar surface area (TPSA) is 83.8 Å². The molecule has 4 N–H and O–H groups in total. The van der Waals surface area contributed by atoms with Gasteiger partial charge >= 0.3 is 0 Å². The minimum Gasteiger partial charge on any atom is -0.326 e. The Morgan fingerprint density at radius 3 is 2.95 bits per heavy atom. The fraction of sp³-hybridized carbons (Fsp3) is 0.0667. The summed E-state index contributed by atoms with van der Waals surface area (Å²) in [4.78, 5) is 12.3. The molecule has 2 aromatic carbocycles. The molecule has 0 aliphatic heterocycles. The van der Waals surface area contributed by atoms with E-state index in [1.165, 1.54) is 0 Å². The molecular formula is C15H14N4O. The van der Waals surface area contributed by atoms with E-state index >= 15 is 0 Å². The molecule has 20 heavy (non-hydrogen) atoms. The van der Waals surface area contributed by atoms with Gasteiger partial charge in [-0.2, -0.15) is 5.10 Å². The number of rotatable bonds is 3. The van der Waals surface area contributed by atoms with Gasteiger partial charge in [0.05, 0.1) is 11.7 Å². The zero-order valence-electron chi connectivity index (χ0n) is 10.8. The monoisotopic (exact) mass is 266 g/mol. The van der Waals surface area contributed by atoms with E-state index in [-0.39, 0.29) is 5.91 Å². The van der Waals surface area contributed by atoms with Crippen LogP contribution < -0.4 is 11.1 Å². The molecule has 0 bridgehead atoms. The minimum atomic E-state index is -0.164. The second kappa shape index (κ2) is 5.14. The Morgan fingerprint density at radius 1 is 1.25 bits per heavy atom. The van der Waals surface area contributed by atoms with Crippen LogP contribution in [0.3, 0.4) is 0 Å². The zero-order valence-corrected chi connectivity index (χ0v) is 10.8. The van der Waals surface area contributed by atoms with E-state index in [1.807, 2.05) is 30.3 Å². The third-order valence-corrected chi connectivity index (χ3v) is 3.19. The summed E-state index contributed by atoms with van der Waals surface area (Å²) in [7, 11) is 0. The second-order valence-electron chi connectivity index (χ2n) is 4.49. The first-order valence-corrected chi connectivity index (χ1v) is 6.30. The van der Waals surface area contributed by atoms with Crippen molar-refractivity contribution in [1.82, 2.24) is 10.2 Å². The maximum atomic E-state index is 12.3. The van der Waals surface area contributed by atoms with Crippen molar-refractivity contribution in [2.24, 2.45) is 5.73 Å². The van der Waals surface area contributed by atoms with Crippen molar-refractivity contribution in [3.05, 3.63) is 59.8 Å². The number of hydrogen-bond donors (Lipinski definition) is 3. The number of nitrogens with two attached hydrogens (primary N) is 1. The number of carbonyl (C=O) groups is 1. The maximum Gasteiger partial charge on any atom is 0.255 e. The fourth-order valence-electron chi connectivity index (χ4n) is 2.09. The summed E-state index contributed by atoms with van der Waals surface area (Å²) in [5.41, 5.74) is 8.72. The number of aromatic nitrogens is 2. The van der Waals surface area contributed by atoms with Crippen LogP contribution in [0.25, 0.3) is 10.9 Å². The molecular weight excluding hydrogens is 252 g/mol. The standard InChI is InChI=1S/C15H14N4O/c16-8-11-3-1-2-4-13(11)18-15(20)10-5-6-12-9-17-19-14(12)7-10/h1-7,9H,8,16H2,(H,17,19)(H,18,20). The van der Waals surface area contributed by atoms with Crippen LogP contribution in [0.5, 0.6) is 0 Å². The number of benzene rings is 2. The van der Waals surface area contributed by atoms with Crippen molar-refractivity contribution in [2.45, 2.75) is 6.54 Å². The van der Waals surface area contributed by atoms with Gasteiger partial charge in [0.25, 0.3) is 5.91 Å². The van der Waals surface area contributed by atoms with Gasteiger partial charge in [-0.1, -0.05) is 24.3 Å². The first-order valence-electron chi connectivity index (χ1n) is 6.30. The highest BCUT2D eigenvalue weighted by Crippen LogP contribution is 2.17. The molecule has 0 spiro atoms. The number of carbonyl (C=O) groups excluding carboxylic acids is 1. The van der Waals surface area contributed by atoms with E-state index in [0.29, 0.717) is 12.1 Å². The molecule has 0 saturated heterocycles. The average molecular weight is 266 g/mol. The van der Waals surface area contributed by atoms with Crippen LogP contribution in [0.2, 0.25) is 0 Å². The number of aromatic amines is 1. The van der Waals surface area contributed by atoms with E-state index in [1.54, 1.807) is 18.3 Å². The highest BCUT2D eigenvalue weighted by molar-refractivity contribution is 6.06. The molecule has 5 heteroatoms. The SMILES string of the molecule is NCc1ccccc1NC(=O)c1ccc2cn[nH]c2c1. The molecule has 3 rings (SSSR count). The third-order valence-electron chi connectivity index (χ3n) is 3.19. The van der Waals surface area contributed by atoms with Crippen LogP contribution in [0.15, 0.2) is 48.7 Å². The summed E-state index contributed by atoms with van der Waals surface area (Å²) in [6, 6.07) is 12.9. The largest absolute Gasteiger partial charge is 0.326 e. The van der Waals surface area contributed by atoms with E-state index in [2.05, 4.69) is 15.5 Å². The molecule has 0 atom stereocenters. The Morgan fingerprint density at radius 2 is 2.10 bits per heavy atom. The molecule has 1 heterocycles. The lowest BCUT2D eigenvalue weighted by Crippen LogP contribution is -2.14. The van der Waals surface area contributed by atoms with Crippen LogP contribution in [0.4, 0.5) is 5.69 Å². The number of hydrogen-bond acceptors (Lipinski definition) is 3. The van der Waals surface area contributed by atoms with Crippen LogP contribution in [-0.2, 0) is 6.54 Å². The van der Waals surface area contributed by atoms with Gasteiger partial charge < -0.3 is 11.1 Å². The smallest absolute Gasteiger partial charge is 0.255 e. The van der Waals surface area contributed by atoms with Crippen molar-refractivity contribution in [2.75, 3.05) is 5.32 Å². The summed E-state index contributed by atoms with van der Waals surface area (Å²) < 4.78 is 0. The van der Waals surface area contributed by atoms with Crippen molar-refractivity contribution < 1.29 is 4.79 Å². The molecule has 0 unspecified atom stereocenters. The first kappa shape index (κ1) is 12.4. The Labute approximate surface area is 115 Å². The predicted molar refractivity (Wildman–Crippen MR) is 78.4 cm³/mol. The fourth-order valence-corrected chi connectivity index (χ4v) is 2.09. The van der Waals surface area contributed by atoms with E-state index in [9.17, 15) is 4.79 Å². The second-order valence-corrected chi connectivity index (χ2v) is 4.49. The third kappa shape index (κ3) is 2.26. The molecule has 3 aromatic rings. The number of fused-ring (bicyclic) bond motifs is 1. The lowest BCUT2D eigenvalue weighted by atomic mass is 10.1. The number of nitrogens with one attached hydrogen (secondary N) is 2. The van der Waals surface area contributed by atoms with Gasteiger partial charge in [-0.15, -0.1) is 0 Å². The highest BCUT2D eigenvalue weighted by atomic mass is 16.1. The van der Waals surface area contributed by atoms with Gasteiger partial charge in [0, 0.05) is 23.2 Å². The zero-order chi connectivity index (χ0) is 13.9. The van der Waals surface area contributed by atoms with E-state index in [0.717, 1.165) is 22.2 Å². The summed E-state index contributed by atoms with van der Waals surface area (Å²) in [5, 5.41) is 10.6. The molecule has 0 aliphatic carbocycles. The van der Waals surface area contributed by atoms with Crippen molar-refractivity contribution in [1.29, 1.82) is 0 Å². The van der Waals surface area contributed by atoms with Crippen LogP contribution >= 0.6 is 0 Å². The number of nitrogens with zero attached hydrogens (tertiary/aromatic N) is 1. The quantitative estimate of drug-likeness (QED) is 0.680. The molecule has 100 valence electrons. The molecule has 0 saturated carbocycles. The molecule has 1 aromatic heterocycles. The molecule has 0 radical (unpaired) electrons.